The van der Waals surface area contributed by atoms with E-state index >= 15 is 0 Å². The van der Waals surface area contributed by atoms with Crippen molar-refractivity contribution >= 4 is 12.0 Å². The zero-order chi connectivity index (χ0) is 18.4. The van der Waals surface area contributed by atoms with Crippen molar-refractivity contribution in [2.75, 3.05) is 27.3 Å². The van der Waals surface area contributed by atoms with Crippen LogP contribution in [0.3, 0.4) is 0 Å². The van der Waals surface area contributed by atoms with Gasteiger partial charge in [0.15, 0.2) is 0 Å². The molecule has 5 heteroatoms. The number of rotatable bonds is 8. The molecule has 0 spiro atoms. The number of aliphatic imine (C=N–C) groups is 1. The van der Waals surface area contributed by atoms with E-state index in [0.717, 1.165) is 36.2 Å². The number of benzene rings is 1. The summed E-state index contributed by atoms with van der Waals surface area (Å²) in [6, 6.07) is 3.84. The van der Waals surface area contributed by atoms with Gasteiger partial charge in [0.05, 0.1) is 31.8 Å². The maximum Gasteiger partial charge on any atom is 0.127 e. The van der Waals surface area contributed by atoms with Crippen LogP contribution < -0.4 is 4.74 Å². The first-order valence-corrected chi connectivity index (χ1v) is 9.15. The molecule has 0 radical (unpaired) electrons. The Bertz CT molecular complexity index is 593. The van der Waals surface area contributed by atoms with Gasteiger partial charge in [-0.1, -0.05) is 12.8 Å². The Morgan fingerprint density at radius 2 is 2.04 bits per heavy atom. The summed E-state index contributed by atoms with van der Waals surface area (Å²) < 4.78 is 11.5. The van der Waals surface area contributed by atoms with Crippen LogP contribution in [0, 0.1) is 6.92 Å². The molecule has 0 aliphatic heterocycles. The second-order valence-electron chi connectivity index (χ2n) is 7.15. The lowest BCUT2D eigenvalue weighted by Gasteiger charge is -2.28. The summed E-state index contributed by atoms with van der Waals surface area (Å²) in [6.07, 6.45) is 6.69. The number of hydrogen-bond acceptors (Lipinski definition) is 4. The van der Waals surface area contributed by atoms with Gasteiger partial charge in [-0.15, -0.1) is 0 Å². The molecule has 0 saturated heterocycles. The Morgan fingerprint density at radius 1 is 1.36 bits per heavy atom. The molecule has 1 aliphatic rings. The minimum atomic E-state index is -1.10. The fourth-order valence-electron chi connectivity index (χ4n) is 3.06. The van der Waals surface area contributed by atoms with Gasteiger partial charge in [0.2, 0.25) is 0 Å². The van der Waals surface area contributed by atoms with Gasteiger partial charge in [0, 0.05) is 25.2 Å². The van der Waals surface area contributed by atoms with E-state index in [0.29, 0.717) is 5.75 Å². The molecule has 1 N–H and O–H groups in total. The highest BCUT2D eigenvalue weighted by atomic mass is 16.5. The van der Waals surface area contributed by atoms with E-state index in [-0.39, 0.29) is 12.7 Å². The van der Waals surface area contributed by atoms with Crippen molar-refractivity contribution < 1.29 is 14.6 Å². The van der Waals surface area contributed by atoms with Crippen molar-refractivity contribution in [2.24, 2.45) is 4.99 Å². The zero-order valence-corrected chi connectivity index (χ0v) is 16.2. The van der Waals surface area contributed by atoms with Crippen LogP contribution in [0.25, 0.3) is 0 Å². The molecule has 1 aromatic rings. The largest absolute Gasteiger partial charge is 0.496 e. The van der Waals surface area contributed by atoms with Crippen LogP contribution in [-0.2, 0) is 10.3 Å². The summed E-state index contributed by atoms with van der Waals surface area (Å²) in [6.45, 7) is 7.02. The highest BCUT2D eigenvalue weighted by Crippen LogP contribution is 2.36. The summed E-state index contributed by atoms with van der Waals surface area (Å²) in [5.74, 6) is 0.636. The van der Waals surface area contributed by atoms with E-state index in [1.807, 2.05) is 37.3 Å². The SMILES string of the molecule is CCN(C)C=Nc1cc(OC)c(C(C)(O)COC2CCCC2)cc1C. The van der Waals surface area contributed by atoms with Crippen LogP contribution in [0.15, 0.2) is 17.1 Å². The Hall–Kier alpha value is -1.59. The maximum absolute atomic E-state index is 11.0. The molecule has 5 nitrogen and oxygen atoms in total. The molecule has 1 aromatic carbocycles. The van der Waals surface area contributed by atoms with Gasteiger partial charge in [-0.3, -0.25) is 0 Å². The third-order valence-electron chi connectivity index (χ3n) is 4.89. The van der Waals surface area contributed by atoms with Crippen LogP contribution in [0.2, 0.25) is 0 Å². The smallest absolute Gasteiger partial charge is 0.127 e. The predicted molar refractivity (Wildman–Crippen MR) is 102 cm³/mol. The van der Waals surface area contributed by atoms with Crippen molar-refractivity contribution in [3.8, 4) is 5.75 Å². The maximum atomic E-state index is 11.0. The third-order valence-corrected chi connectivity index (χ3v) is 4.89. The van der Waals surface area contributed by atoms with Gasteiger partial charge in [-0.05, 0) is 45.2 Å². The molecule has 140 valence electrons. The quantitative estimate of drug-likeness (QED) is 0.574. The number of hydrogen-bond donors (Lipinski definition) is 1. The van der Waals surface area contributed by atoms with E-state index in [2.05, 4.69) is 11.9 Å². The van der Waals surface area contributed by atoms with Crippen molar-refractivity contribution in [1.29, 1.82) is 0 Å². The van der Waals surface area contributed by atoms with Crippen molar-refractivity contribution in [3.05, 3.63) is 23.3 Å². The summed E-state index contributed by atoms with van der Waals surface area (Å²) >= 11 is 0. The van der Waals surface area contributed by atoms with Crippen molar-refractivity contribution in [1.82, 2.24) is 4.90 Å². The minimum absolute atomic E-state index is 0.270. The molecule has 25 heavy (non-hydrogen) atoms. The highest BCUT2D eigenvalue weighted by Gasteiger charge is 2.30. The zero-order valence-electron chi connectivity index (χ0n) is 16.2. The molecule has 1 saturated carbocycles. The first-order valence-electron chi connectivity index (χ1n) is 9.15. The van der Waals surface area contributed by atoms with Crippen molar-refractivity contribution in [3.63, 3.8) is 0 Å². The lowest BCUT2D eigenvalue weighted by molar-refractivity contribution is -0.0657. The average molecular weight is 348 g/mol. The van der Waals surface area contributed by atoms with Crippen molar-refractivity contribution in [2.45, 2.75) is 58.2 Å². The molecule has 0 heterocycles. The first-order chi connectivity index (χ1) is 11.9. The second kappa shape index (κ2) is 8.68. The highest BCUT2D eigenvalue weighted by molar-refractivity contribution is 5.65. The first kappa shape index (κ1) is 19.7. The second-order valence-corrected chi connectivity index (χ2v) is 7.15. The fraction of sp³-hybridized carbons (Fsp3) is 0.650. The minimum Gasteiger partial charge on any atom is -0.496 e. The standard InChI is InChI=1S/C20H32N2O3/c1-6-22(4)14-21-18-12-19(24-5)17(11-15(18)2)20(3,23)13-25-16-9-7-8-10-16/h11-12,14,16,23H,6-10,13H2,1-5H3. The molecule has 2 rings (SSSR count). The number of aryl methyl sites for hydroxylation is 1. The normalized spacial score (nSPS) is 17.8. The Balaban J connectivity index is 2.20. The van der Waals surface area contributed by atoms with E-state index in [1.165, 1.54) is 12.8 Å². The van der Waals surface area contributed by atoms with Gasteiger partial charge < -0.3 is 19.5 Å². The number of nitrogens with zero attached hydrogens (tertiary/aromatic N) is 2. The summed E-state index contributed by atoms with van der Waals surface area (Å²) in [5.41, 5.74) is 1.49. The predicted octanol–water partition coefficient (Wildman–Crippen LogP) is 3.78. The molecule has 0 bridgehead atoms. The molecule has 0 amide bonds. The molecule has 0 aromatic heterocycles. The van der Waals surface area contributed by atoms with E-state index in [4.69, 9.17) is 9.47 Å². The van der Waals surface area contributed by atoms with E-state index < -0.39 is 5.60 Å². The van der Waals surface area contributed by atoms with Gasteiger partial charge in [-0.2, -0.15) is 0 Å². The monoisotopic (exact) mass is 348 g/mol. The lowest BCUT2D eigenvalue weighted by atomic mass is 9.93. The van der Waals surface area contributed by atoms with E-state index in [9.17, 15) is 5.11 Å². The number of aliphatic hydroxyl groups is 1. The summed E-state index contributed by atoms with van der Waals surface area (Å²) in [7, 11) is 3.60. The van der Waals surface area contributed by atoms with Gasteiger partial charge >= 0.3 is 0 Å². The molecule has 1 atom stereocenters. The van der Waals surface area contributed by atoms with Crippen LogP contribution in [0.1, 0.15) is 50.7 Å². The molecule has 1 fully saturated rings. The molecule has 1 unspecified atom stereocenters. The Kier molecular flexibility index (Phi) is 6.85. The van der Waals surface area contributed by atoms with Crippen LogP contribution >= 0.6 is 0 Å². The summed E-state index contributed by atoms with van der Waals surface area (Å²) in [4.78, 5) is 6.53. The fourth-order valence-corrected chi connectivity index (χ4v) is 3.06. The number of methoxy groups -OCH3 is 1. The average Bonchev–Trinajstić information content (AvgIpc) is 3.12. The van der Waals surface area contributed by atoms with Crippen LogP contribution in [0.4, 0.5) is 5.69 Å². The topological polar surface area (TPSA) is 54.3 Å². The summed E-state index contributed by atoms with van der Waals surface area (Å²) in [5, 5.41) is 11.0. The molecular weight excluding hydrogens is 316 g/mol. The Labute approximate surface area is 151 Å². The third kappa shape index (κ3) is 5.19. The van der Waals surface area contributed by atoms with Crippen LogP contribution in [0.5, 0.6) is 5.75 Å². The van der Waals surface area contributed by atoms with Crippen LogP contribution in [-0.4, -0.2) is 49.8 Å². The molecule has 1 aliphatic carbocycles. The van der Waals surface area contributed by atoms with Gasteiger partial charge in [0.25, 0.3) is 0 Å². The number of ether oxygens (including phenoxy) is 2. The van der Waals surface area contributed by atoms with Gasteiger partial charge in [0.1, 0.15) is 11.4 Å². The van der Waals surface area contributed by atoms with E-state index in [1.54, 1.807) is 14.0 Å². The lowest BCUT2D eigenvalue weighted by Crippen LogP contribution is -2.30. The Morgan fingerprint density at radius 3 is 2.64 bits per heavy atom. The molecular formula is C20H32N2O3. The van der Waals surface area contributed by atoms with Gasteiger partial charge in [-0.25, -0.2) is 4.99 Å².